The van der Waals surface area contributed by atoms with Crippen molar-refractivity contribution in [2.24, 2.45) is 5.92 Å². The fraction of sp³-hybridized carbons (Fsp3) is 0.632. The molecule has 3 atom stereocenters. The standard InChI is InChI=1S/C19H30N2O2/c1-3-16(13-22)21-19(23)12-15-8-10-17(11-9-15)20-18-7-5-4-6-14(18)2/h8-11,14,16,18,20,22H,3-7,12-13H2,1-2H3,(H,21,23). The summed E-state index contributed by atoms with van der Waals surface area (Å²) in [7, 11) is 0. The van der Waals surface area contributed by atoms with E-state index in [2.05, 4.69) is 29.7 Å². The van der Waals surface area contributed by atoms with Crippen LogP contribution in [0.1, 0.15) is 51.5 Å². The molecule has 3 N–H and O–H groups in total. The fourth-order valence-corrected chi connectivity index (χ4v) is 3.20. The van der Waals surface area contributed by atoms with Gasteiger partial charge in [-0.25, -0.2) is 0 Å². The molecule has 1 aromatic rings. The van der Waals surface area contributed by atoms with Crippen LogP contribution in [0.5, 0.6) is 0 Å². The van der Waals surface area contributed by atoms with Gasteiger partial charge in [0.05, 0.1) is 19.1 Å². The maximum absolute atomic E-state index is 11.9. The lowest BCUT2D eigenvalue weighted by atomic mass is 9.86. The van der Waals surface area contributed by atoms with E-state index in [1.165, 1.54) is 25.7 Å². The summed E-state index contributed by atoms with van der Waals surface area (Å²) in [5, 5.41) is 15.6. The summed E-state index contributed by atoms with van der Waals surface area (Å²) in [4.78, 5) is 11.9. The summed E-state index contributed by atoms with van der Waals surface area (Å²) in [6.07, 6.45) is 6.30. The Morgan fingerprint density at radius 2 is 1.96 bits per heavy atom. The van der Waals surface area contributed by atoms with Crippen LogP contribution in [0.4, 0.5) is 5.69 Å². The number of amides is 1. The van der Waals surface area contributed by atoms with E-state index in [4.69, 9.17) is 5.11 Å². The third-order valence-electron chi connectivity index (χ3n) is 4.86. The number of carbonyl (C=O) groups excluding carboxylic acids is 1. The van der Waals surface area contributed by atoms with Crippen LogP contribution in [0, 0.1) is 5.92 Å². The molecule has 1 aliphatic rings. The van der Waals surface area contributed by atoms with E-state index in [0.29, 0.717) is 12.5 Å². The van der Waals surface area contributed by atoms with Gasteiger partial charge in [0.1, 0.15) is 0 Å². The molecule has 0 aromatic heterocycles. The summed E-state index contributed by atoms with van der Waals surface area (Å²) in [6, 6.07) is 8.56. The number of aliphatic hydroxyl groups is 1. The molecular weight excluding hydrogens is 288 g/mol. The van der Waals surface area contributed by atoms with Crippen molar-refractivity contribution in [3.63, 3.8) is 0 Å². The molecule has 0 spiro atoms. The quantitative estimate of drug-likeness (QED) is 0.724. The second kappa shape index (κ2) is 8.92. The highest BCUT2D eigenvalue weighted by Gasteiger charge is 2.20. The van der Waals surface area contributed by atoms with E-state index in [1.54, 1.807) is 0 Å². The zero-order chi connectivity index (χ0) is 16.7. The summed E-state index contributed by atoms with van der Waals surface area (Å²) in [5.74, 6) is 0.686. The maximum atomic E-state index is 11.9. The Balaban J connectivity index is 1.85. The van der Waals surface area contributed by atoms with E-state index in [9.17, 15) is 4.79 Å². The van der Waals surface area contributed by atoms with Gasteiger partial charge in [-0.15, -0.1) is 0 Å². The van der Waals surface area contributed by atoms with Crippen molar-refractivity contribution >= 4 is 11.6 Å². The molecular formula is C19H30N2O2. The molecule has 1 fully saturated rings. The van der Waals surface area contributed by atoms with Crippen LogP contribution in [0.15, 0.2) is 24.3 Å². The van der Waals surface area contributed by atoms with Crippen LogP contribution < -0.4 is 10.6 Å². The van der Waals surface area contributed by atoms with Gasteiger partial charge < -0.3 is 15.7 Å². The monoisotopic (exact) mass is 318 g/mol. The number of rotatable bonds is 7. The van der Waals surface area contributed by atoms with Crippen LogP contribution in [0.3, 0.4) is 0 Å². The predicted octanol–water partition coefficient (Wildman–Crippen LogP) is 3.11. The van der Waals surface area contributed by atoms with Gasteiger partial charge in [-0.3, -0.25) is 4.79 Å². The molecule has 0 heterocycles. The summed E-state index contributed by atoms with van der Waals surface area (Å²) in [5.41, 5.74) is 2.13. The van der Waals surface area contributed by atoms with Crippen molar-refractivity contribution in [2.45, 2.75) is 64.5 Å². The molecule has 3 unspecified atom stereocenters. The Kier molecular flexibility index (Phi) is 6.90. The van der Waals surface area contributed by atoms with Gasteiger partial charge in [0.15, 0.2) is 0 Å². The van der Waals surface area contributed by atoms with Crippen LogP contribution in [-0.4, -0.2) is 29.7 Å². The minimum atomic E-state index is -0.142. The highest BCUT2D eigenvalue weighted by Crippen LogP contribution is 2.26. The zero-order valence-corrected chi connectivity index (χ0v) is 14.3. The SMILES string of the molecule is CCC(CO)NC(=O)Cc1ccc(NC2CCCCC2C)cc1. The van der Waals surface area contributed by atoms with E-state index in [1.807, 2.05) is 19.1 Å². The van der Waals surface area contributed by atoms with Crippen LogP contribution in [0.2, 0.25) is 0 Å². The minimum Gasteiger partial charge on any atom is -0.394 e. The van der Waals surface area contributed by atoms with Gasteiger partial charge in [-0.2, -0.15) is 0 Å². The van der Waals surface area contributed by atoms with Crippen LogP contribution in [-0.2, 0) is 11.2 Å². The summed E-state index contributed by atoms with van der Waals surface area (Å²) >= 11 is 0. The Morgan fingerprint density at radius 1 is 1.26 bits per heavy atom. The number of carbonyl (C=O) groups is 1. The van der Waals surface area contributed by atoms with Crippen molar-refractivity contribution in [3.05, 3.63) is 29.8 Å². The molecule has 0 aliphatic heterocycles. The van der Waals surface area contributed by atoms with Crippen molar-refractivity contribution in [1.29, 1.82) is 0 Å². The van der Waals surface area contributed by atoms with E-state index in [-0.39, 0.29) is 18.6 Å². The average molecular weight is 318 g/mol. The number of benzene rings is 1. The first-order valence-electron chi connectivity index (χ1n) is 8.88. The fourth-order valence-electron chi connectivity index (χ4n) is 3.20. The lowest BCUT2D eigenvalue weighted by Gasteiger charge is -2.30. The van der Waals surface area contributed by atoms with Crippen molar-refractivity contribution < 1.29 is 9.90 Å². The summed E-state index contributed by atoms with van der Waals surface area (Å²) < 4.78 is 0. The van der Waals surface area contributed by atoms with Gasteiger partial charge in [0, 0.05) is 11.7 Å². The van der Waals surface area contributed by atoms with E-state index >= 15 is 0 Å². The molecule has 0 saturated heterocycles. The van der Waals surface area contributed by atoms with Gasteiger partial charge in [0.25, 0.3) is 0 Å². The summed E-state index contributed by atoms with van der Waals surface area (Å²) in [6.45, 7) is 4.26. The highest BCUT2D eigenvalue weighted by atomic mass is 16.3. The van der Waals surface area contributed by atoms with Gasteiger partial charge in [0.2, 0.25) is 5.91 Å². The van der Waals surface area contributed by atoms with E-state index in [0.717, 1.165) is 23.6 Å². The minimum absolute atomic E-state index is 0.00926. The number of nitrogens with one attached hydrogen (secondary N) is 2. The van der Waals surface area contributed by atoms with Gasteiger partial charge in [-0.05, 0) is 42.9 Å². The van der Waals surface area contributed by atoms with Crippen molar-refractivity contribution in [3.8, 4) is 0 Å². The van der Waals surface area contributed by atoms with Crippen LogP contribution >= 0.6 is 0 Å². The smallest absolute Gasteiger partial charge is 0.224 e. The lowest BCUT2D eigenvalue weighted by molar-refractivity contribution is -0.121. The molecule has 128 valence electrons. The Bertz CT molecular complexity index is 483. The molecule has 2 rings (SSSR count). The topological polar surface area (TPSA) is 61.4 Å². The van der Waals surface area contributed by atoms with Gasteiger partial charge >= 0.3 is 0 Å². The largest absolute Gasteiger partial charge is 0.394 e. The molecule has 4 nitrogen and oxygen atoms in total. The van der Waals surface area contributed by atoms with E-state index < -0.39 is 0 Å². The lowest BCUT2D eigenvalue weighted by Crippen LogP contribution is -2.37. The predicted molar refractivity (Wildman–Crippen MR) is 94.5 cm³/mol. The third-order valence-corrected chi connectivity index (χ3v) is 4.86. The first-order chi connectivity index (χ1) is 11.1. The second-order valence-corrected chi connectivity index (χ2v) is 6.74. The maximum Gasteiger partial charge on any atom is 0.224 e. The highest BCUT2D eigenvalue weighted by molar-refractivity contribution is 5.79. The number of hydrogen-bond donors (Lipinski definition) is 3. The average Bonchev–Trinajstić information content (AvgIpc) is 2.56. The van der Waals surface area contributed by atoms with Gasteiger partial charge in [-0.1, -0.05) is 38.8 Å². The molecule has 1 saturated carbocycles. The first-order valence-corrected chi connectivity index (χ1v) is 8.88. The first kappa shape index (κ1) is 17.8. The number of hydrogen-bond acceptors (Lipinski definition) is 3. The second-order valence-electron chi connectivity index (χ2n) is 6.74. The van der Waals surface area contributed by atoms with Crippen LogP contribution in [0.25, 0.3) is 0 Å². The molecule has 23 heavy (non-hydrogen) atoms. The molecule has 0 bridgehead atoms. The Labute approximate surface area is 139 Å². The van der Waals surface area contributed by atoms with Crippen molar-refractivity contribution in [1.82, 2.24) is 5.32 Å². The Hall–Kier alpha value is -1.55. The molecule has 0 radical (unpaired) electrons. The molecule has 1 amide bonds. The molecule has 1 aromatic carbocycles. The molecule has 1 aliphatic carbocycles. The molecule has 4 heteroatoms. The zero-order valence-electron chi connectivity index (χ0n) is 14.3. The third kappa shape index (κ3) is 5.54. The number of anilines is 1. The number of aliphatic hydroxyl groups excluding tert-OH is 1. The van der Waals surface area contributed by atoms with Crippen molar-refractivity contribution in [2.75, 3.05) is 11.9 Å². The Morgan fingerprint density at radius 3 is 2.57 bits per heavy atom. The normalized spacial score (nSPS) is 22.4.